The van der Waals surface area contributed by atoms with E-state index in [1.807, 2.05) is 49.3 Å². The van der Waals surface area contributed by atoms with Gasteiger partial charge in [0, 0.05) is 32.0 Å². The summed E-state index contributed by atoms with van der Waals surface area (Å²) in [7, 11) is 3.92. The van der Waals surface area contributed by atoms with Crippen molar-refractivity contribution in [3.63, 3.8) is 0 Å². The van der Waals surface area contributed by atoms with Crippen molar-refractivity contribution in [3.8, 4) is 0 Å². The van der Waals surface area contributed by atoms with E-state index in [-0.39, 0.29) is 11.8 Å². The zero-order chi connectivity index (χ0) is 15.9. The van der Waals surface area contributed by atoms with Crippen LogP contribution >= 0.6 is 0 Å². The number of nitrogens with one attached hydrogen (secondary N) is 2. The third-order valence-corrected chi connectivity index (χ3v) is 3.23. The van der Waals surface area contributed by atoms with Crippen LogP contribution in [-0.2, 0) is 6.42 Å². The third kappa shape index (κ3) is 4.77. The van der Waals surface area contributed by atoms with Crippen molar-refractivity contribution in [2.45, 2.75) is 6.42 Å². The lowest BCUT2D eigenvalue weighted by atomic mass is 10.1. The van der Waals surface area contributed by atoms with Gasteiger partial charge < -0.3 is 15.5 Å². The second kappa shape index (κ2) is 7.45. The molecule has 2 aromatic carbocycles. The number of urea groups is 1. The number of nitrogens with zero attached hydrogens (tertiary/aromatic N) is 1. The zero-order valence-electron chi connectivity index (χ0n) is 12.8. The SMILES string of the molecule is CN(C)c1ccc(NC(=O)NCCc2cccc(F)c2)cc1. The van der Waals surface area contributed by atoms with Crippen LogP contribution in [0.25, 0.3) is 0 Å². The number of hydrogen-bond donors (Lipinski definition) is 2. The minimum absolute atomic E-state index is 0.261. The van der Waals surface area contributed by atoms with Gasteiger partial charge in [0.05, 0.1) is 0 Å². The Balaban J connectivity index is 1.78. The Morgan fingerprint density at radius 2 is 1.86 bits per heavy atom. The largest absolute Gasteiger partial charge is 0.378 e. The molecule has 0 unspecified atom stereocenters. The van der Waals surface area contributed by atoms with Gasteiger partial charge in [-0.1, -0.05) is 12.1 Å². The van der Waals surface area contributed by atoms with E-state index in [0.29, 0.717) is 13.0 Å². The minimum atomic E-state index is -0.269. The summed E-state index contributed by atoms with van der Waals surface area (Å²) >= 11 is 0. The van der Waals surface area contributed by atoms with Gasteiger partial charge in [-0.25, -0.2) is 9.18 Å². The summed E-state index contributed by atoms with van der Waals surface area (Å²) in [5.41, 5.74) is 2.65. The van der Waals surface area contributed by atoms with Gasteiger partial charge in [-0.15, -0.1) is 0 Å². The van der Waals surface area contributed by atoms with Gasteiger partial charge in [-0.05, 0) is 48.4 Å². The highest BCUT2D eigenvalue weighted by molar-refractivity contribution is 5.89. The summed E-state index contributed by atoms with van der Waals surface area (Å²) in [5.74, 6) is -0.261. The number of rotatable bonds is 5. The first-order valence-corrected chi connectivity index (χ1v) is 7.11. The average molecular weight is 301 g/mol. The molecule has 0 aromatic heterocycles. The third-order valence-electron chi connectivity index (χ3n) is 3.23. The number of halogens is 1. The fourth-order valence-electron chi connectivity index (χ4n) is 2.03. The van der Waals surface area contributed by atoms with Crippen molar-refractivity contribution in [3.05, 3.63) is 59.9 Å². The summed E-state index contributed by atoms with van der Waals surface area (Å²) in [6, 6.07) is 13.7. The van der Waals surface area contributed by atoms with E-state index in [0.717, 1.165) is 16.9 Å². The van der Waals surface area contributed by atoms with Crippen LogP contribution in [0, 0.1) is 5.82 Å². The molecular weight excluding hydrogens is 281 g/mol. The van der Waals surface area contributed by atoms with Gasteiger partial charge in [-0.3, -0.25) is 0 Å². The number of carbonyl (C=O) groups excluding carboxylic acids is 1. The number of hydrogen-bond acceptors (Lipinski definition) is 2. The van der Waals surface area contributed by atoms with Crippen LogP contribution in [-0.4, -0.2) is 26.7 Å². The smallest absolute Gasteiger partial charge is 0.319 e. The zero-order valence-corrected chi connectivity index (χ0v) is 12.8. The highest BCUT2D eigenvalue weighted by Gasteiger charge is 2.02. The van der Waals surface area contributed by atoms with Gasteiger partial charge in [-0.2, -0.15) is 0 Å². The Hall–Kier alpha value is -2.56. The molecule has 0 saturated carbocycles. The Bertz CT molecular complexity index is 626. The Kier molecular flexibility index (Phi) is 5.36. The molecule has 0 atom stereocenters. The molecule has 5 heteroatoms. The molecule has 2 amide bonds. The highest BCUT2D eigenvalue weighted by atomic mass is 19.1. The molecule has 0 fully saturated rings. The lowest BCUT2D eigenvalue weighted by Crippen LogP contribution is -2.30. The predicted octanol–water partition coefficient (Wildman–Crippen LogP) is 3.26. The molecule has 2 N–H and O–H groups in total. The normalized spacial score (nSPS) is 10.1. The van der Waals surface area contributed by atoms with Crippen LogP contribution in [0.4, 0.5) is 20.6 Å². The van der Waals surface area contributed by atoms with Crippen molar-refractivity contribution in [2.75, 3.05) is 30.9 Å². The van der Waals surface area contributed by atoms with Crippen molar-refractivity contribution >= 4 is 17.4 Å². The Morgan fingerprint density at radius 3 is 2.50 bits per heavy atom. The van der Waals surface area contributed by atoms with Crippen molar-refractivity contribution in [2.24, 2.45) is 0 Å². The van der Waals surface area contributed by atoms with Crippen LogP contribution in [0.5, 0.6) is 0 Å². The molecular formula is C17H20FN3O. The Morgan fingerprint density at radius 1 is 1.14 bits per heavy atom. The fraction of sp³-hybridized carbons (Fsp3) is 0.235. The van der Waals surface area contributed by atoms with E-state index in [4.69, 9.17) is 0 Å². The van der Waals surface area contributed by atoms with Crippen LogP contribution in [0.15, 0.2) is 48.5 Å². The van der Waals surface area contributed by atoms with E-state index in [2.05, 4.69) is 10.6 Å². The number of anilines is 2. The average Bonchev–Trinajstić information content (AvgIpc) is 2.48. The van der Waals surface area contributed by atoms with Crippen LogP contribution in [0.1, 0.15) is 5.56 Å². The monoisotopic (exact) mass is 301 g/mol. The number of amides is 2. The topological polar surface area (TPSA) is 44.4 Å². The van der Waals surface area contributed by atoms with Crippen molar-refractivity contribution in [1.82, 2.24) is 5.32 Å². The number of carbonyl (C=O) groups is 1. The first-order chi connectivity index (χ1) is 10.5. The van der Waals surface area contributed by atoms with Crippen molar-refractivity contribution < 1.29 is 9.18 Å². The highest BCUT2D eigenvalue weighted by Crippen LogP contribution is 2.15. The summed E-state index contributed by atoms with van der Waals surface area (Å²) < 4.78 is 13.0. The van der Waals surface area contributed by atoms with Gasteiger partial charge in [0.2, 0.25) is 0 Å². The summed E-state index contributed by atoms with van der Waals surface area (Å²) in [6.07, 6.45) is 0.588. The molecule has 0 heterocycles. The fourth-order valence-corrected chi connectivity index (χ4v) is 2.03. The van der Waals surface area contributed by atoms with Crippen LogP contribution in [0.3, 0.4) is 0 Å². The second-order valence-electron chi connectivity index (χ2n) is 5.20. The van der Waals surface area contributed by atoms with E-state index in [1.54, 1.807) is 6.07 Å². The molecule has 0 bridgehead atoms. The summed E-state index contributed by atoms with van der Waals surface area (Å²) in [4.78, 5) is 13.8. The maximum absolute atomic E-state index is 13.0. The lowest BCUT2D eigenvalue weighted by Gasteiger charge is -2.13. The maximum Gasteiger partial charge on any atom is 0.319 e. The molecule has 4 nitrogen and oxygen atoms in total. The second-order valence-corrected chi connectivity index (χ2v) is 5.20. The van der Waals surface area contributed by atoms with Gasteiger partial charge >= 0.3 is 6.03 Å². The van der Waals surface area contributed by atoms with Crippen LogP contribution in [0.2, 0.25) is 0 Å². The molecule has 2 rings (SSSR count). The van der Waals surface area contributed by atoms with Gasteiger partial charge in [0.25, 0.3) is 0 Å². The predicted molar refractivity (Wildman–Crippen MR) is 87.9 cm³/mol. The van der Waals surface area contributed by atoms with Gasteiger partial charge in [0.1, 0.15) is 5.82 Å². The molecule has 0 aliphatic heterocycles. The molecule has 0 saturated heterocycles. The number of benzene rings is 2. The molecule has 2 aromatic rings. The first kappa shape index (κ1) is 15.8. The first-order valence-electron chi connectivity index (χ1n) is 7.11. The molecule has 116 valence electrons. The molecule has 0 spiro atoms. The Labute approximate surface area is 129 Å². The molecule has 0 radical (unpaired) electrons. The van der Waals surface area contributed by atoms with E-state index in [9.17, 15) is 9.18 Å². The lowest BCUT2D eigenvalue weighted by molar-refractivity contribution is 0.252. The molecule has 22 heavy (non-hydrogen) atoms. The molecule has 0 aliphatic carbocycles. The van der Waals surface area contributed by atoms with E-state index < -0.39 is 0 Å². The van der Waals surface area contributed by atoms with Crippen molar-refractivity contribution in [1.29, 1.82) is 0 Å². The summed E-state index contributed by atoms with van der Waals surface area (Å²) in [5, 5.41) is 5.52. The standard InChI is InChI=1S/C17H20FN3O/c1-21(2)16-8-6-15(7-9-16)20-17(22)19-11-10-13-4-3-5-14(18)12-13/h3-9,12H,10-11H2,1-2H3,(H2,19,20,22). The summed E-state index contributed by atoms with van der Waals surface area (Å²) in [6.45, 7) is 0.449. The molecule has 0 aliphatic rings. The maximum atomic E-state index is 13.0. The van der Waals surface area contributed by atoms with Gasteiger partial charge in [0.15, 0.2) is 0 Å². The minimum Gasteiger partial charge on any atom is -0.378 e. The van der Waals surface area contributed by atoms with E-state index >= 15 is 0 Å². The van der Waals surface area contributed by atoms with Crippen LogP contribution < -0.4 is 15.5 Å². The van der Waals surface area contributed by atoms with E-state index in [1.165, 1.54) is 12.1 Å². The quantitative estimate of drug-likeness (QED) is 0.890.